The van der Waals surface area contributed by atoms with Gasteiger partial charge in [0.2, 0.25) is 5.12 Å². The second-order valence-corrected chi connectivity index (χ2v) is 6.26. The largest absolute Gasteiger partial charge is 0.279 e. The molecule has 0 aliphatic carbocycles. The van der Waals surface area contributed by atoms with Crippen molar-refractivity contribution >= 4 is 44.8 Å². The highest BCUT2D eigenvalue weighted by atomic mass is 32.2. The predicted molar refractivity (Wildman–Crippen MR) is 83.9 cm³/mol. The zero-order chi connectivity index (χ0) is 14.5. The topological polar surface area (TPSA) is 72.6 Å². The van der Waals surface area contributed by atoms with Crippen LogP contribution in [0.25, 0.3) is 6.08 Å². The van der Waals surface area contributed by atoms with E-state index in [-0.39, 0.29) is 16.5 Å². The number of hydrogen-bond acceptors (Lipinski definition) is 6. The van der Waals surface area contributed by atoms with E-state index in [0.717, 1.165) is 23.9 Å². The lowest BCUT2D eigenvalue weighted by molar-refractivity contribution is -0.385. The van der Waals surface area contributed by atoms with Crippen molar-refractivity contribution < 1.29 is 9.72 Å². The molecule has 1 aliphatic rings. The Balaban J connectivity index is 2.29. The summed E-state index contributed by atoms with van der Waals surface area (Å²) in [7, 11) is 0. The summed E-state index contributed by atoms with van der Waals surface area (Å²) in [5.41, 5.74) is 0.637. The first-order valence-electron chi connectivity index (χ1n) is 6.00. The molecule has 0 aromatic heterocycles. The van der Waals surface area contributed by atoms with Gasteiger partial charge in [0, 0.05) is 6.07 Å². The standard InChI is InChI=1S/C13H12N2O3S2/c1-2-7-19-13-14-10(12(16)20-13)8-9-5-3-4-6-11(9)15(17)18/h3-6,8H,2,7H2,1H3/b10-8-. The quantitative estimate of drug-likeness (QED) is 0.481. The number of nitrogens with zero attached hydrogens (tertiary/aromatic N) is 2. The van der Waals surface area contributed by atoms with Gasteiger partial charge in [0.15, 0.2) is 0 Å². The minimum Gasteiger partial charge on any atom is -0.279 e. The molecule has 0 spiro atoms. The van der Waals surface area contributed by atoms with Crippen LogP contribution in [0.15, 0.2) is 35.0 Å². The maximum atomic E-state index is 11.8. The first-order chi connectivity index (χ1) is 9.61. The van der Waals surface area contributed by atoms with Crippen molar-refractivity contribution in [3.05, 3.63) is 45.6 Å². The Labute approximate surface area is 124 Å². The smallest absolute Gasteiger partial charge is 0.276 e. The summed E-state index contributed by atoms with van der Waals surface area (Å²) in [6.45, 7) is 2.05. The van der Waals surface area contributed by atoms with Crippen LogP contribution in [0.3, 0.4) is 0 Å². The van der Waals surface area contributed by atoms with Crippen LogP contribution >= 0.6 is 23.5 Å². The third kappa shape index (κ3) is 3.49. The Morgan fingerprint density at radius 1 is 1.45 bits per heavy atom. The van der Waals surface area contributed by atoms with E-state index in [0.29, 0.717) is 9.94 Å². The van der Waals surface area contributed by atoms with E-state index in [1.54, 1.807) is 18.2 Å². The van der Waals surface area contributed by atoms with Gasteiger partial charge < -0.3 is 0 Å². The van der Waals surface area contributed by atoms with E-state index in [9.17, 15) is 14.9 Å². The molecule has 0 amide bonds. The Morgan fingerprint density at radius 3 is 2.90 bits per heavy atom. The van der Waals surface area contributed by atoms with E-state index >= 15 is 0 Å². The van der Waals surface area contributed by atoms with Gasteiger partial charge >= 0.3 is 0 Å². The van der Waals surface area contributed by atoms with Gasteiger partial charge in [0.1, 0.15) is 10.1 Å². The van der Waals surface area contributed by atoms with Crippen molar-refractivity contribution in [2.45, 2.75) is 13.3 Å². The van der Waals surface area contributed by atoms with E-state index in [4.69, 9.17) is 0 Å². The fraction of sp³-hybridized carbons (Fsp3) is 0.231. The lowest BCUT2D eigenvalue weighted by Crippen LogP contribution is -1.93. The van der Waals surface area contributed by atoms with E-state index < -0.39 is 4.92 Å². The summed E-state index contributed by atoms with van der Waals surface area (Å²) < 4.78 is 0.710. The summed E-state index contributed by atoms with van der Waals surface area (Å²) in [5, 5.41) is 10.8. The zero-order valence-electron chi connectivity index (χ0n) is 10.7. The molecular formula is C13H12N2O3S2. The molecule has 104 valence electrons. The number of rotatable bonds is 4. The van der Waals surface area contributed by atoms with Gasteiger partial charge in [0.05, 0.1) is 10.5 Å². The van der Waals surface area contributed by atoms with Crippen LogP contribution in [0.2, 0.25) is 0 Å². The molecule has 0 atom stereocenters. The lowest BCUT2D eigenvalue weighted by Gasteiger charge is -1.97. The summed E-state index contributed by atoms with van der Waals surface area (Å²) in [5.74, 6) is 0.901. The fourth-order valence-corrected chi connectivity index (χ4v) is 3.33. The number of aliphatic imine (C=N–C) groups is 1. The van der Waals surface area contributed by atoms with E-state index in [2.05, 4.69) is 11.9 Å². The molecule has 0 fully saturated rings. The molecule has 0 bridgehead atoms. The molecule has 0 saturated carbocycles. The number of thioether (sulfide) groups is 2. The molecule has 20 heavy (non-hydrogen) atoms. The zero-order valence-corrected chi connectivity index (χ0v) is 12.4. The summed E-state index contributed by atoms with van der Waals surface area (Å²) in [6, 6.07) is 6.31. The van der Waals surface area contributed by atoms with Gasteiger partial charge in [-0.15, -0.1) is 0 Å². The Bertz CT molecular complexity index is 611. The number of carbonyl (C=O) groups is 1. The van der Waals surface area contributed by atoms with Gasteiger partial charge in [-0.1, -0.05) is 30.8 Å². The van der Waals surface area contributed by atoms with E-state index in [1.807, 2.05) is 0 Å². The molecule has 0 radical (unpaired) electrons. The molecule has 1 aromatic rings. The van der Waals surface area contributed by atoms with E-state index in [1.165, 1.54) is 23.9 Å². The van der Waals surface area contributed by atoms with Crippen LogP contribution in [-0.2, 0) is 4.79 Å². The number of carbonyl (C=O) groups excluding carboxylic acids is 1. The fourth-order valence-electron chi connectivity index (χ4n) is 1.56. The van der Waals surface area contributed by atoms with Crippen LogP contribution in [0, 0.1) is 10.1 Å². The van der Waals surface area contributed by atoms with Gasteiger partial charge in [-0.3, -0.25) is 14.9 Å². The Morgan fingerprint density at radius 2 is 2.20 bits per heavy atom. The van der Waals surface area contributed by atoms with Crippen molar-refractivity contribution in [1.82, 2.24) is 0 Å². The highest BCUT2D eigenvalue weighted by Gasteiger charge is 2.23. The monoisotopic (exact) mass is 308 g/mol. The van der Waals surface area contributed by atoms with Crippen molar-refractivity contribution in [3.8, 4) is 0 Å². The van der Waals surface area contributed by atoms with Crippen molar-refractivity contribution in [1.29, 1.82) is 0 Å². The van der Waals surface area contributed by atoms with Crippen LogP contribution in [0.4, 0.5) is 5.69 Å². The second-order valence-electron chi connectivity index (χ2n) is 3.96. The highest BCUT2D eigenvalue weighted by molar-refractivity contribution is 8.45. The maximum Gasteiger partial charge on any atom is 0.276 e. The normalized spacial score (nSPS) is 16.6. The first kappa shape index (κ1) is 14.8. The van der Waals surface area contributed by atoms with Crippen molar-refractivity contribution in [2.75, 3.05) is 5.75 Å². The molecular weight excluding hydrogens is 296 g/mol. The third-order valence-corrected chi connectivity index (χ3v) is 4.67. The molecule has 1 heterocycles. The van der Waals surface area contributed by atoms with Crippen LogP contribution in [-0.4, -0.2) is 20.2 Å². The van der Waals surface area contributed by atoms with Gasteiger partial charge in [-0.25, -0.2) is 4.99 Å². The first-order valence-corrected chi connectivity index (χ1v) is 7.81. The second kappa shape index (κ2) is 6.71. The maximum absolute atomic E-state index is 11.8. The van der Waals surface area contributed by atoms with Crippen LogP contribution < -0.4 is 0 Å². The summed E-state index contributed by atoms with van der Waals surface area (Å²) in [6.07, 6.45) is 2.48. The number of nitro groups is 1. The molecule has 1 aliphatic heterocycles. The predicted octanol–water partition coefficient (Wildman–Crippen LogP) is 3.71. The molecule has 5 nitrogen and oxygen atoms in total. The Kier molecular flexibility index (Phi) is 4.97. The molecule has 2 rings (SSSR count). The Hall–Kier alpha value is -1.60. The molecule has 1 aromatic carbocycles. The van der Waals surface area contributed by atoms with Crippen molar-refractivity contribution in [3.63, 3.8) is 0 Å². The summed E-state index contributed by atoms with van der Waals surface area (Å²) in [4.78, 5) is 26.5. The van der Waals surface area contributed by atoms with Crippen LogP contribution in [0.5, 0.6) is 0 Å². The molecule has 0 saturated heterocycles. The lowest BCUT2D eigenvalue weighted by atomic mass is 10.1. The third-order valence-electron chi connectivity index (χ3n) is 2.46. The summed E-state index contributed by atoms with van der Waals surface area (Å²) >= 11 is 2.61. The number of hydrogen-bond donors (Lipinski definition) is 0. The molecule has 7 heteroatoms. The molecule has 0 N–H and O–H groups in total. The minimum absolute atomic E-state index is 0.0253. The number of benzene rings is 1. The number of para-hydroxylation sites is 1. The SMILES string of the molecule is CCCSC1=N/C(=C\c2ccccc2[N+](=O)[O-])C(=O)S1. The number of nitro benzene ring substituents is 1. The average molecular weight is 308 g/mol. The van der Waals surface area contributed by atoms with Crippen LogP contribution in [0.1, 0.15) is 18.9 Å². The molecule has 0 unspecified atom stereocenters. The highest BCUT2D eigenvalue weighted by Crippen LogP contribution is 2.32. The van der Waals surface area contributed by atoms with Crippen molar-refractivity contribution in [2.24, 2.45) is 4.99 Å². The van der Waals surface area contributed by atoms with Gasteiger partial charge in [0.25, 0.3) is 5.69 Å². The van der Waals surface area contributed by atoms with Gasteiger partial charge in [-0.2, -0.15) is 0 Å². The average Bonchev–Trinajstić information content (AvgIpc) is 2.77. The van der Waals surface area contributed by atoms with Gasteiger partial charge in [-0.05, 0) is 36.1 Å². The minimum atomic E-state index is -0.463.